The zero-order chi connectivity index (χ0) is 15.3. The van der Waals surface area contributed by atoms with Crippen LogP contribution >= 0.6 is 11.6 Å². The van der Waals surface area contributed by atoms with Crippen LogP contribution in [0.15, 0.2) is 18.2 Å². The summed E-state index contributed by atoms with van der Waals surface area (Å²) in [5.74, 6) is -1.52. The third kappa shape index (κ3) is 4.73. The molecule has 0 bridgehead atoms. The van der Waals surface area contributed by atoms with Gasteiger partial charge in [0.15, 0.2) is 0 Å². The van der Waals surface area contributed by atoms with Gasteiger partial charge in [0.05, 0.1) is 17.2 Å². The molecule has 0 fully saturated rings. The molecule has 0 saturated heterocycles. The van der Waals surface area contributed by atoms with E-state index in [1.54, 1.807) is 6.92 Å². The number of nitrogens with one attached hydrogen (secondary N) is 1. The zero-order valence-electron chi connectivity index (χ0n) is 10.4. The molecule has 20 heavy (non-hydrogen) atoms. The number of rotatable bonds is 4. The van der Waals surface area contributed by atoms with E-state index in [9.17, 15) is 22.8 Å². The van der Waals surface area contributed by atoms with Crippen molar-refractivity contribution in [2.45, 2.75) is 19.5 Å². The maximum Gasteiger partial charge on any atom is 0.417 e. The van der Waals surface area contributed by atoms with Gasteiger partial charge in [-0.1, -0.05) is 11.6 Å². The number of halogens is 4. The Labute approximate surface area is 117 Å². The fourth-order valence-corrected chi connectivity index (χ4v) is 1.59. The second-order valence-electron chi connectivity index (χ2n) is 3.72. The van der Waals surface area contributed by atoms with Gasteiger partial charge in [-0.15, -0.1) is 0 Å². The van der Waals surface area contributed by atoms with E-state index in [1.165, 1.54) is 6.07 Å². The largest absolute Gasteiger partial charge is 0.466 e. The number of carbonyl (C=O) groups excluding carboxylic acids is 2. The van der Waals surface area contributed by atoms with Crippen molar-refractivity contribution < 1.29 is 27.5 Å². The first-order valence-corrected chi connectivity index (χ1v) is 5.94. The van der Waals surface area contributed by atoms with E-state index in [-0.39, 0.29) is 12.3 Å². The standard InChI is InChI=1S/C12H11ClF3NO3/c1-2-20-11(19)6-10(18)17-7-3-4-9(13)8(5-7)12(14,15)16/h3-5H,2,6H2,1H3,(H,17,18). The van der Waals surface area contributed by atoms with Crippen molar-refractivity contribution in [3.63, 3.8) is 0 Å². The Bertz CT molecular complexity index is 517. The van der Waals surface area contributed by atoms with Crippen molar-refractivity contribution in [3.05, 3.63) is 28.8 Å². The van der Waals surface area contributed by atoms with Crippen molar-refractivity contribution in [2.24, 2.45) is 0 Å². The topological polar surface area (TPSA) is 55.4 Å². The second kappa shape index (κ2) is 6.60. The van der Waals surface area contributed by atoms with Crippen LogP contribution < -0.4 is 5.32 Å². The molecule has 1 N–H and O–H groups in total. The molecule has 0 unspecified atom stereocenters. The molecule has 0 heterocycles. The Hall–Kier alpha value is -1.76. The van der Waals surface area contributed by atoms with E-state index < -0.39 is 35.1 Å². The van der Waals surface area contributed by atoms with Crippen LogP contribution in [0.4, 0.5) is 18.9 Å². The summed E-state index contributed by atoms with van der Waals surface area (Å²) in [4.78, 5) is 22.5. The lowest BCUT2D eigenvalue weighted by molar-refractivity contribution is -0.145. The smallest absolute Gasteiger partial charge is 0.417 e. The van der Waals surface area contributed by atoms with Gasteiger partial charge in [0.25, 0.3) is 0 Å². The second-order valence-corrected chi connectivity index (χ2v) is 4.13. The van der Waals surface area contributed by atoms with E-state index in [0.29, 0.717) is 6.07 Å². The lowest BCUT2D eigenvalue weighted by Crippen LogP contribution is -2.18. The van der Waals surface area contributed by atoms with E-state index in [1.807, 2.05) is 0 Å². The average molecular weight is 310 g/mol. The molecule has 0 spiro atoms. The fourth-order valence-electron chi connectivity index (χ4n) is 1.37. The first-order chi connectivity index (χ1) is 9.24. The first-order valence-electron chi connectivity index (χ1n) is 5.56. The number of carbonyl (C=O) groups is 2. The van der Waals surface area contributed by atoms with E-state index >= 15 is 0 Å². The van der Waals surface area contributed by atoms with Crippen molar-refractivity contribution in [2.75, 3.05) is 11.9 Å². The number of benzene rings is 1. The number of ether oxygens (including phenoxy) is 1. The Morgan fingerprint density at radius 3 is 2.55 bits per heavy atom. The Balaban J connectivity index is 2.79. The van der Waals surface area contributed by atoms with Gasteiger partial charge in [-0.05, 0) is 25.1 Å². The van der Waals surface area contributed by atoms with Crippen LogP contribution in [0.2, 0.25) is 5.02 Å². The Morgan fingerprint density at radius 1 is 1.35 bits per heavy atom. The quantitative estimate of drug-likeness (QED) is 0.686. The monoisotopic (exact) mass is 309 g/mol. The molecule has 0 aliphatic rings. The molecule has 0 aliphatic heterocycles. The van der Waals surface area contributed by atoms with Crippen molar-refractivity contribution >= 4 is 29.2 Å². The number of hydrogen-bond acceptors (Lipinski definition) is 3. The molecule has 1 aromatic rings. The third-order valence-corrected chi connectivity index (χ3v) is 2.50. The summed E-state index contributed by atoms with van der Waals surface area (Å²) < 4.78 is 42.4. The molecule has 110 valence electrons. The summed E-state index contributed by atoms with van der Waals surface area (Å²) in [5, 5.41) is 1.70. The van der Waals surface area contributed by atoms with Gasteiger partial charge in [0, 0.05) is 5.69 Å². The van der Waals surface area contributed by atoms with Gasteiger partial charge in [0.1, 0.15) is 6.42 Å². The van der Waals surface area contributed by atoms with Crippen LogP contribution in [-0.2, 0) is 20.5 Å². The lowest BCUT2D eigenvalue weighted by atomic mass is 10.2. The Kier molecular flexibility index (Phi) is 5.38. The molecule has 0 saturated carbocycles. The summed E-state index contributed by atoms with van der Waals surface area (Å²) >= 11 is 5.44. The van der Waals surface area contributed by atoms with E-state index in [2.05, 4.69) is 10.1 Å². The van der Waals surface area contributed by atoms with Crippen LogP contribution in [0.3, 0.4) is 0 Å². The van der Waals surface area contributed by atoms with Gasteiger partial charge >= 0.3 is 12.1 Å². The summed E-state index contributed by atoms with van der Waals surface area (Å²) in [5.41, 5.74) is -1.16. The molecular weight excluding hydrogens is 299 g/mol. The molecule has 4 nitrogen and oxygen atoms in total. The van der Waals surface area contributed by atoms with Crippen molar-refractivity contribution in [1.29, 1.82) is 0 Å². The summed E-state index contributed by atoms with van der Waals surface area (Å²) in [6.07, 6.45) is -5.20. The highest BCUT2D eigenvalue weighted by Gasteiger charge is 2.33. The molecule has 1 amide bonds. The van der Waals surface area contributed by atoms with Gasteiger partial charge in [-0.3, -0.25) is 9.59 Å². The summed E-state index contributed by atoms with van der Waals surface area (Å²) in [6, 6.07) is 2.93. The third-order valence-electron chi connectivity index (χ3n) is 2.17. The number of anilines is 1. The molecular formula is C12H11ClF3NO3. The number of alkyl halides is 3. The van der Waals surface area contributed by atoms with Crippen LogP contribution in [0.25, 0.3) is 0 Å². The first kappa shape index (κ1) is 16.3. The molecule has 0 radical (unpaired) electrons. The zero-order valence-corrected chi connectivity index (χ0v) is 11.1. The minimum atomic E-state index is -4.63. The number of amides is 1. The summed E-state index contributed by atoms with van der Waals surface area (Å²) in [6.45, 7) is 1.69. The molecule has 0 atom stereocenters. The Morgan fingerprint density at radius 2 is 2.00 bits per heavy atom. The van der Waals surface area contributed by atoms with E-state index in [0.717, 1.165) is 6.07 Å². The normalized spacial score (nSPS) is 11.1. The molecule has 0 aromatic heterocycles. The maximum atomic E-state index is 12.6. The van der Waals surface area contributed by atoms with Crippen molar-refractivity contribution in [3.8, 4) is 0 Å². The van der Waals surface area contributed by atoms with E-state index in [4.69, 9.17) is 11.6 Å². The minimum Gasteiger partial charge on any atom is -0.466 e. The average Bonchev–Trinajstić information content (AvgIpc) is 2.30. The molecule has 8 heteroatoms. The molecule has 1 aromatic carbocycles. The lowest BCUT2D eigenvalue weighted by Gasteiger charge is -2.11. The highest BCUT2D eigenvalue weighted by molar-refractivity contribution is 6.31. The van der Waals surface area contributed by atoms with Gasteiger partial charge in [0.2, 0.25) is 5.91 Å². The summed E-state index contributed by atoms with van der Waals surface area (Å²) in [7, 11) is 0. The minimum absolute atomic E-state index is 0.101. The van der Waals surface area contributed by atoms with Crippen LogP contribution in [0, 0.1) is 0 Å². The van der Waals surface area contributed by atoms with Crippen LogP contribution in [0.5, 0.6) is 0 Å². The fraction of sp³-hybridized carbons (Fsp3) is 0.333. The van der Waals surface area contributed by atoms with Crippen LogP contribution in [-0.4, -0.2) is 18.5 Å². The van der Waals surface area contributed by atoms with Crippen molar-refractivity contribution in [1.82, 2.24) is 0 Å². The number of hydrogen-bond donors (Lipinski definition) is 1. The SMILES string of the molecule is CCOC(=O)CC(=O)Nc1ccc(Cl)c(C(F)(F)F)c1. The van der Waals surface area contributed by atoms with Gasteiger partial charge in [-0.25, -0.2) is 0 Å². The molecule has 1 rings (SSSR count). The highest BCUT2D eigenvalue weighted by Crippen LogP contribution is 2.36. The predicted molar refractivity (Wildman–Crippen MR) is 66.3 cm³/mol. The van der Waals surface area contributed by atoms with Gasteiger partial charge < -0.3 is 10.1 Å². The molecule has 0 aliphatic carbocycles. The van der Waals surface area contributed by atoms with Crippen LogP contribution in [0.1, 0.15) is 18.9 Å². The maximum absolute atomic E-state index is 12.6. The highest BCUT2D eigenvalue weighted by atomic mass is 35.5. The van der Waals surface area contributed by atoms with Gasteiger partial charge in [-0.2, -0.15) is 13.2 Å². The predicted octanol–water partition coefficient (Wildman–Crippen LogP) is 3.25. The number of esters is 1.